The van der Waals surface area contributed by atoms with Crippen LogP contribution in [0.5, 0.6) is 5.75 Å². The zero-order chi connectivity index (χ0) is 15.6. The van der Waals surface area contributed by atoms with Crippen molar-refractivity contribution in [3.8, 4) is 5.75 Å². The fraction of sp³-hybridized carbons (Fsp3) is 0.0625. The van der Waals surface area contributed by atoms with Gasteiger partial charge in [0.1, 0.15) is 12.4 Å². The second-order valence-corrected chi connectivity index (χ2v) is 4.92. The van der Waals surface area contributed by atoms with Crippen molar-refractivity contribution in [2.45, 2.75) is 6.61 Å². The van der Waals surface area contributed by atoms with Gasteiger partial charge in [0.15, 0.2) is 0 Å². The number of aromatic nitrogens is 1. The van der Waals surface area contributed by atoms with E-state index in [0.717, 1.165) is 28.6 Å². The molecular formula is C16H12BF3NO-. The number of nitrogens with zero attached hydrogens (tertiary/aromatic N) is 1. The number of benzene rings is 2. The molecule has 0 amide bonds. The number of rotatable bonds is 4. The Kier molecular flexibility index (Phi) is 3.75. The van der Waals surface area contributed by atoms with Gasteiger partial charge in [-0.15, -0.1) is 5.46 Å². The predicted octanol–water partition coefficient (Wildman–Crippen LogP) is 3.87. The van der Waals surface area contributed by atoms with E-state index < -0.39 is 12.4 Å². The molecule has 0 bridgehead atoms. The van der Waals surface area contributed by atoms with Gasteiger partial charge in [-0.05, 0) is 18.2 Å². The molecule has 0 aliphatic heterocycles. The number of hydrogen-bond acceptors (Lipinski definition) is 2. The summed E-state index contributed by atoms with van der Waals surface area (Å²) >= 11 is 0. The first-order valence-corrected chi connectivity index (χ1v) is 6.79. The molecule has 0 saturated heterocycles. The van der Waals surface area contributed by atoms with Gasteiger partial charge >= 0.3 is 6.98 Å². The topological polar surface area (TPSA) is 22.1 Å². The van der Waals surface area contributed by atoms with Crippen LogP contribution in [-0.4, -0.2) is 12.0 Å². The van der Waals surface area contributed by atoms with Crippen molar-refractivity contribution in [3.63, 3.8) is 0 Å². The monoisotopic (exact) mass is 302 g/mol. The van der Waals surface area contributed by atoms with Crippen LogP contribution in [0, 0.1) is 0 Å². The Morgan fingerprint density at radius 1 is 0.909 bits per heavy atom. The molecule has 0 fully saturated rings. The fourth-order valence-electron chi connectivity index (χ4n) is 2.23. The van der Waals surface area contributed by atoms with E-state index >= 15 is 0 Å². The summed E-state index contributed by atoms with van der Waals surface area (Å²) in [4.78, 5) is 4.31. The molecule has 2 aromatic carbocycles. The number of halogens is 3. The van der Waals surface area contributed by atoms with Crippen molar-refractivity contribution in [1.29, 1.82) is 0 Å². The second kappa shape index (κ2) is 5.71. The third kappa shape index (κ3) is 3.06. The van der Waals surface area contributed by atoms with Crippen molar-refractivity contribution in [2.75, 3.05) is 0 Å². The van der Waals surface area contributed by atoms with Gasteiger partial charge in [0.2, 0.25) is 0 Å². The minimum atomic E-state index is -4.97. The zero-order valence-electron chi connectivity index (χ0n) is 11.5. The summed E-state index contributed by atoms with van der Waals surface area (Å²) in [5, 5.41) is 0.999. The van der Waals surface area contributed by atoms with E-state index in [1.807, 2.05) is 30.3 Å². The first-order valence-electron chi connectivity index (χ1n) is 6.79. The van der Waals surface area contributed by atoms with Crippen LogP contribution in [-0.2, 0) is 6.61 Å². The highest BCUT2D eigenvalue weighted by atomic mass is 19.4. The zero-order valence-corrected chi connectivity index (χ0v) is 11.5. The van der Waals surface area contributed by atoms with Gasteiger partial charge in [-0.1, -0.05) is 36.4 Å². The number of pyridine rings is 1. The molecule has 0 spiro atoms. The van der Waals surface area contributed by atoms with Gasteiger partial charge < -0.3 is 17.7 Å². The maximum atomic E-state index is 12.6. The van der Waals surface area contributed by atoms with Crippen LogP contribution in [0.15, 0.2) is 60.8 Å². The highest BCUT2D eigenvalue weighted by Gasteiger charge is 2.24. The standard InChI is InChI=1S/C16H12BF3NO/c18-17(19,20)14-6-8-15(9-7-14)22-11-13-4-1-3-12-5-2-10-21-16(12)13/h1-10H,11H2/q-1. The Bertz CT molecular complexity index is 782. The summed E-state index contributed by atoms with van der Waals surface area (Å²) in [5.74, 6) is 0.400. The molecule has 0 atom stereocenters. The summed E-state index contributed by atoms with van der Waals surface area (Å²) in [7, 11) is 0. The first kappa shape index (κ1) is 14.4. The predicted molar refractivity (Wildman–Crippen MR) is 81.2 cm³/mol. The van der Waals surface area contributed by atoms with E-state index in [9.17, 15) is 12.9 Å². The normalized spacial score (nSPS) is 11.6. The molecule has 3 aromatic rings. The minimum absolute atomic E-state index is 0.255. The molecule has 2 nitrogen and oxygen atoms in total. The fourth-order valence-corrected chi connectivity index (χ4v) is 2.23. The van der Waals surface area contributed by atoms with E-state index in [0.29, 0.717) is 5.75 Å². The molecule has 3 rings (SSSR count). The van der Waals surface area contributed by atoms with E-state index in [2.05, 4.69) is 4.98 Å². The Morgan fingerprint density at radius 3 is 2.36 bits per heavy atom. The van der Waals surface area contributed by atoms with Crippen LogP contribution < -0.4 is 10.2 Å². The van der Waals surface area contributed by atoms with Crippen LogP contribution in [0.25, 0.3) is 10.9 Å². The van der Waals surface area contributed by atoms with Crippen molar-refractivity contribution in [1.82, 2.24) is 4.98 Å². The van der Waals surface area contributed by atoms with Crippen LogP contribution in [0.1, 0.15) is 5.56 Å². The van der Waals surface area contributed by atoms with Crippen molar-refractivity contribution < 1.29 is 17.7 Å². The largest absolute Gasteiger partial charge is 0.509 e. The van der Waals surface area contributed by atoms with Gasteiger partial charge in [0, 0.05) is 17.1 Å². The number of hydrogen-bond donors (Lipinski definition) is 0. The van der Waals surface area contributed by atoms with E-state index in [1.165, 1.54) is 12.1 Å². The molecule has 6 heteroatoms. The average molecular weight is 302 g/mol. The molecular weight excluding hydrogens is 290 g/mol. The van der Waals surface area contributed by atoms with Crippen molar-refractivity contribution in [3.05, 3.63) is 66.4 Å². The van der Waals surface area contributed by atoms with E-state index in [1.54, 1.807) is 6.20 Å². The molecule has 0 N–H and O–H groups in total. The SMILES string of the molecule is F[B-](F)(F)c1ccc(OCc2cccc3cccnc23)cc1. The van der Waals surface area contributed by atoms with E-state index in [-0.39, 0.29) is 6.61 Å². The van der Waals surface area contributed by atoms with Crippen LogP contribution in [0.2, 0.25) is 0 Å². The number of fused-ring (bicyclic) bond motifs is 1. The quantitative estimate of drug-likeness (QED) is 0.683. The minimum Gasteiger partial charge on any atom is -0.489 e. The molecule has 0 saturated carbocycles. The molecule has 0 aliphatic carbocycles. The van der Waals surface area contributed by atoms with Crippen molar-refractivity contribution in [2.24, 2.45) is 0 Å². The lowest BCUT2D eigenvalue weighted by atomic mass is 9.80. The molecule has 112 valence electrons. The summed E-state index contributed by atoms with van der Waals surface area (Å²) in [6, 6.07) is 14.3. The lowest BCUT2D eigenvalue weighted by molar-refractivity contribution is 0.307. The maximum absolute atomic E-state index is 12.6. The number of para-hydroxylation sites is 1. The van der Waals surface area contributed by atoms with E-state index in [4.69, 9.17) is 4.74 Å². The first-order chi connectivity index (χ1) is 10.5. The highest BCUT2D eigenvalue weighted by Crippen LogP contribution is 2.19. The van der Waals surface area contributed by atoms with Gasteiger partial charge in [0.05, 0.1) is 5.52 Å². The average Bonchev–Trinajstić information content (AvgIpc) is 2.52. The lowest BCUT2D eigenvalue weighted by Gasteiger charge is -2.15. The van der Waals surface area contributed by atoms with Crippen LogP contribution >= 0.6 is 0 Å². The molecule has 1 aromatic heterocycles. The summed E-state index contributed by atoms with van der Waals surface area (Å²) in [5.41, 5.74) is 1.10. The Hall–Kier alpha value is -2.50. The molecule has 1 heterocycles. The van der Waals surface area contributed by atoms with Crippen molar-refractivity contribution >= 4 is 23.3 Å². The lowest BCUT2D eigenvalue weighted by Crippen LogP contribution is -2.33. The van der Waals surface area contributed by atoms with Gasteiger partial charge in [-0.25, -0.2) is 0 Å². The van der Waals surface area contributed by atoms with Gasteiger partial charge in [-0.3, -0.25) is 4.98 Å². The molecule has 0 radical (unpaired) electrons. The molecule has 22 heavy (non-hydrogen) atoms. The Labute approximate surface area is 125 Å². The third-order valence-corrected chi connectivity index (χ3v) is 3.37. The molecule has 0 aliphatic rings. The third-order valence-electron chi connectivity index (χ3n) is 3.37. The Morgan fingerprint density at radius 2 is 1.64 bits per heavy atom. The summed E-state index contributed by atoms with van der Waals surface area (Å²) in [6.45, 7) is -4.71. The van der Waals surface area contributed by atoms with Crippen LogP contribution in [0.4, 0.5) is 12.9 Å². The van der Waals surface area contributed by atoms with Gasteiger partial charge in [0.25, 0.3) is 0 Å². The number of ether oxygens (including phenoxy) is 1. The highest BCUT2D eigenvalue weighted by molar-refractivity contribution is 6.73. The summed E-state index contributed by atoms with van der Waals surface area (Å²) < 4.78 is 43.2. The van der Waals surface area contributed by atoms with Gasteiger partial charge in [-0.2, -0.15) is 0 Å². The smallest absolute Gasteiger partial charge is 0.489 e. The molecule has 0 unspecified atom stereocenters. The summed E-state index contributed by atoms with van der Waals surface area (Å²) in [6.07, 6.45) is 1.70. The maximum Gasteiger partial charge on any atom is 0.509 e. The Balaban J connectivity index is 1.77. The van der Waals surface area contributed by atoms with Crippen LogP contribution in [0.3, 0.4) is 0 Å². The second-order valence-electron chi connectivity index (χ2n) is 4.92.